The summed E-state index contributed by atoms with van der Waals surface area (Å²) in [6.45, 7) is 13.2. The molecule has 2 aromatic rings. The number of benzene rings is 2. The Morgan fingerprint density at radius 1 is 0.923 bits per heavy atom. The first kappa shape index (κ1) is 20.2. The van der Waals surface area contributed by atoms with Crippen molar-refractivity contribution in [1.29, 1.82) is 0 Å². The maximum Gasteiger partial charge on any atom is 0.250 e. The van der Waals surface area contributed by atoms with Crippen LogP contribution < -0.4 is 19.2 Å². The highest BCUT2D eigenvalue weighted by Crippen LogP contribution is 2.39. The van der Waals surface area contributed by atoms with Gasteiger partial charge in [0.1, 0.15) is 17.2 Å². The molecule has 5 heteroatoms. The second kappa shape index (κ2) is 7.62. The number of aryl methyl sites for hydroxylation is 1. The molecule has 26 heavy (non-hydrogen) atoms. The van der Waals surface area contributed by atoms with Crippen LogP contribution in [-0.4, -0.2) is 22.5 Å². The minimum Gasteiger partial charge on any atom is -0.543 e. The van der Waals surface area contributed by atoms with E-state index in [1.807, 2.05) is 43.3 Å². The summed E-state index contributed by atoms with van der Waals surface area (Å²) in [5.74, 6) is 2.49. The van der Waals surface area contributed by atoms with Crippen LogP contribution in [0.3, 0.4) is 0 Å². The van der Waals surface area contributed by atoms with Crippen molar-refractivity contribution < 1.29 is 13.9 Å². The van der Waals surface area contributed by atoms with Gasteiger partial charge in [0, 0.05) is 17.8 Å². The molecule has 142 valence electrons. The van der Waals surface area contributed by atoms with E-state index in [1.54, 1.807) is 14.2 Å². The van der Waals surface area contributed by atoms with Crippen molar-refractivity contribution in [3.63, 3.8) is 0 Å². The Hall–Kier alpha value is -2.14. The molecule has 0 heterocycles. The molecular formula is C21H31NO3Si. The number of anilines is 2. The molecule has 1 N–H and O–H groups in total. The lowest BCUT2D eigenvalue weighted by molar-refractivity contribution is 0.402. The maximum absolute atomic E-state index is 6.41. The van der Waals surface area contributed by atoms with Crippen LogP contribution in [0.1, 0.15) is 26.3 Å². The first-order valence-electron chi connectivity index (χ1n) is 8.86. The third kappa shape index (κ3) is 4.52. The number of hydrogen-bond acceptors (Lipinski definition) is 4. The van der Waals surface area contributed by atoms with Gasteiger partial charge < -0.3 is 19.2 Å². The van der Waals surface area contributed by atoms with E-state index in [-0.39, 0.29) is 5.04 Å². The molecule has 0 fully saturated rings. The van der Waals surface area contributed by atoms with Crippen molar-refractivity contribution in [2.75, 3.05) is 19.5 Å². The summed E-state index contributed by atoms with van der Waals surface area (Å²) in [7, 11) is 1.47. The van der Waals surface area contributed by atoms with E-state index in [0.29, 0.717) is 0 Å². The quantitative estimate of drug-likeness (QED) is 0.617. The molecule has 0 bridgehead atoms. The topological polar surface area (TPSA) is 39.7 Å². The van der Waals surface area contributed by atoms with Crippen LogP contribution in [0.4, 0.5) is 11.4 Å². The number of ether oxygens (including phenoxy) is 2. The molecule has 0 atom stereocenters. The molecule has 0 aliphatic rings. The highest BCUT2D eigenvalue weighted by molar-refractivity contribution is 6.74. The maximum atomic E-state index is 6.41. The largest absolute Gasteiger partial charge is 0.543 e. The van der Waals surface area contributed by atoms with Crippen molar-refractivity contribution in [3.05, 3.63) is 42.0 Å². The molecule has 0 saturated heterocycles. The third-order valence-electron chi connectivity index (χ3n) is 5.01. The standard InChI is InChI=1S/C21H31NO3Si/c1-15-12-20(24-6)18(14-19(15)23-5)22-16-10-9-11-17(13-16)25-26(7,8)21(2,3)4/h9-14,22H,1-8H3. The number of methoxy groups -OCH3 is 2. The van der Waals surface area contributed by atoms with E-state index in [4.69, 9.17) is 13.9 Å². The molecule has 0 spiro atoms. The van der Waals surface area contributed by atoms with Crippen LogP contribution in [-0.2, 0) is 0 Å². The van der Waals surface area contributed by atoms with Crippen molar-refractivity contribution in [2.45, 2.75) is 45.8 Å². The zero-order valence-corrected chi connectivity index (χ0v) is 18.2. The molecule has 4 nitrogen and oxygen atoms in total. The van der Waals surface area contributed by atoms with Gasteiger partial charge in [0.05, 0.1) is 19.9 Å². The van der Waals surface area contributed by atoms with E-state index in [2.05, 4.69) is 39.2 Å². The Morgan fingerprint density at radius 2 is 1.58 bits per heavy atom. The predicted octanol–water partition coefficient (Wildman–Crippen LogP) is 6.14. The van der Waals surface area contributed by atoms with Gasteiger partial charge in [-0.25, -0.2) is 0 Å². The molecule has 0 aliphatic carbocycles. The SMILES string of the molecule is COc1cc(Nc2cccc(O[Si](C)(C)C(C)(C)C)c2)c(OC)cc1C. The normalized spacial score (nSPS) is 11.8. The summed E-state index contributed by atoms with van der Waals surface area (Å²) >= 11 is 0. The first-order chi connectivity index (χ1) is 12.1. The number of hydrogen-bond donors (Lipinski definition) is 1. The third-order valence-corrected chi connectivity index (χ3v) is 9.37. The van der Waals surface area contributed by atoms with E-state index in [9.17, 15) is 0 Å². The Labute approximate surface area is 158 Å². The lowest BCUT2D eigenvalue weighted by Crippen LogP contribution is -2.43. The van der Waals surface area contributed by atoms with Gasteiger partial charge in [-0.15, -0.1) is 0 Å². The lowest BCUT2D eigenvalue weighted by atomic mass is 10.1. The van der Waals surface area contributed by atoms with E-state index >= 15 is 0 Å². The molecule has 0 aliphatic heterocycles. The molecule has 2 aromatic carbocycles. The highest BCUT2D eigenvalue weighted by atomic mass is 28.4. The van der Waals surface area contributed by atoms with E-state index < -0.39 is 8.32 Å². The molecule has 0 aromatic heterocycles. The van der Waals surface area contributed by atoms with Gasteiger partial charge in [-0.3, -0.25) is 0 Å². The summed E-state index contributed by atoms with van der Waals surface area (Å²) in [5.41, 5.74) is 2.84. The minimum absolute atomic E-state index is 0.157. The van der Waals surface area contributed by atoms with Gasteiger partial charge in [0.15, 0.2) is 0 Å². The molecule has 0 amide bonds. The van der Waals surface area contributed by atoms with Crippen LogP contribution in [0.5, 0.6) is 17.2 Å². The number of rotatable bonds is 6. The fourth-order valence-corrected chi connectivity index (χ4v) is 3.41. The van der Waals surface area contributed by atoms with Crippen molar-refractivity contribution >= 4 is 19.7 Å². The predicted molar refractivity (Wildman–Crippen MR) is 112 cm³/mol. The lowest BCUT2D eigenvalue weighted by Gasteiger charge is -2.36. The van der Waals surface area contributed by atoms with Gasteiger partial charge in [0.25, 0.3) is 0 Å². The monoisotopic (exact) mass is 373 g/mol. The van der Waals surface area contributed by atoms with Crippen molar-refractivity contribution in [1.82, 2.24) is 0 Å². The Bertz CT molecular complexity index is 766. The highest BCUT2D eigenvalue weighted by Gasteiger charge is 2.38. The van der Waals surface area contributed by atoms with Crippen LogP contribution in [0.15, 0.2) is 36.4 Å². The van der Waals surface area contributed by atoms with Crippen LogP contribution in [0.25, 0.3) is 0 Å². The van der Waals surface area contributed by atoms with Gasteiger partial charge >= 0.3 is 0 Å². The fraction of sp³-hybridized carbons (Fsp3) is 0.429. The summed E-state index contributed by atoms with van der Waals surface area (Å²) in [4.78, 5) is 0. The second-order valence-corrected chi connectivity index (χ2v) is 12.8. The summed E-state index contributed by atoms with van der Waals surface area (Å²) < 4.78 is 17.4. The summed E-state index contributed by atoms with van der Waals surface area (Å²) in [6.07, 6.45) is 0. The van der Waals surface area contributed by atoms with Crippen LogP contribution in [0.2, 0.25) is 18.1 Å². The molecular weight excluding hydrogens is 342 g/mol. The van der Waals surface area contributed by atoms with Crippen molar-refractivity contribution in [3.8, 4) is 17.2 Å². The summed E-state index contributed by atoms with van der Waals surface area (Å²) in [5, 5.41) is 3.58. The fourth-order valence-electron chi connectivity index (χ4n) is 2.39. The van der Waals surface area contributed by atoms with Crippen LogP contribution in [0, 0.1) is 6.92 Å². The van der Waals surface area contributed by atoms with Crippen LogP contribution >= 0.6 is 0 Å². The second-order valence-electron chi connectivity index (χ2n) is 8.04. The average molecular weight is 374 g/mol. The Balaban J connectivity index is 2.29. The Kier molecular flexibility index (Phi) is 5.91. The van der Waals surface area contributed by atoms with Gasteiger partial charge in [-0.2, -0.15) is 0 Å². The smallest absolute Gasteiger partial charge is 0.250 e. The zero-order chi connectivity index (χ0) is 19.5. The number of nitrogens with one attached hydrogen (secondary N) is 1. The minimum atomic E-state index is -1.87. The van der Waals surface area contributed by atoms with Gasteiger partial charge in [-0.05, 0) is 48.8 Å². The van der Waals surface area contributed by atoms with Crippen molar-refractivity contribution in [2.24, 2.45) is 0 Å². The molecule has 2 rings (SSSR count). The summed E-state index contributed by atoms with van der Waals surface area (Å²) in [6, 6.07) is 12.0. The first-order valence-corrected chi connectivity index (χ1v) is 11.8. The van der Waals surface area contributed by atoms with Gasteiger partial charge in [0.2, 0.25) is 8.32 Å². The molecule has 0 saturated carbocycles. The average Bonchev–Trinajstić information content (AvgIpc) is 2.55. The molecule has 0 unspecified atom stereocenters. The molecule has 0 radical (unpaired) electrons. The van der Waals surface area contributed by atoms with Gasteiger partial charge in [-0.1, -0.05) is 26.8 Å². The Morgan fingerprint density at radius 3 is 2.15 bits per heavy atom. The van der Waals surface area contributed by atoms with E-state index in [0.717, 1.165) is 34.2 Å². The van der Waals surface area contributed by atoms with E-state index in [1.165, 1.54) is 0 Å². The zero-order valence-electron chi connectivity index (χ0n) is 17.2.